The zero-order valence-electron chi connectivity index (χ0n) is 29.5. The van der Waals surface area contributed by atoms with Crippen molar-refractivity contribution >= 4 is 11.9 Å². The highest BCUT2D eigenvalue weighted by atomic mass is 16.5. The summed E-state index contributed by atoms with van der Waals surface area (Å²) >= 11 is 0. The summed E-state index contributed by atoms with van der Waals surface area (Å²) in [6.45, 7) is 12.0. The molecule has 0 amide bonds. The number of esters is 1. The fourth-order valence-electron chi connectivity index (χ4n) is 5.15. The molecule has 254 valence electrons. The average Bonchev–Trinajstić information content (AvgIpc) is 2.99. The van der Waals surface area contributed by atoms with Crippen molar-refractivity contribution in [3.63, 3.8) is 0 Å². The number of unbranched alkanes of at least 4 members (excludes halogenated alkanes) is 26. The minimum Gasteiger partial charge on any atom is -0.478 e. The van der Waals surface area contributed by atoms with Crippen LogP contribution in [0, 0.1) is 0 Å². The van der Waals surface area contributed by atoms with Crippen molar-refractivity contribution < 1.29 is 19.4 Å². The average molecular weight is 607 g/mol. The lowest BCUT2D eigenvalue weighted by Gasteiger charge is -2.04. The summed E-state index contributed by atoms with van der Waals surface area (Å²) in [5.41, 5.74) is 0.971. The molecule has 0 unspecified atom stereocenters. The van der Waals surface area contributed by atoms with Crippen LogP contribution in [0.4, 0.5) is 0 Å². The second-order valence-electron chi connectivity index (χ2n) is 12.7. The third-order valence-corrected chi connectivity index (χ3v) is 8.18. The number of carbonyl (C=O) groups is 2. The molecule has 0 fully saturated rings. The monoisotopic (exact) mass is 607 g/mol. The highest BCUT2D eigenvalue weighted by molar-refractivity contribution is 5.86. The largest absolute Gasteiger partial charge is 0.478 e. The van der Waals surface area contributed by atoms with Crippen LogP contribution >= 0.6 is 0 Å². The molecule has 4 nitrogen and oxygen atoms in total. The van der Waals surface area contributed by atoms with Crippen LogP contribution < -0.4 is 0 Å². The Bertz CT molecular complexity index is 652. The van der Waals surface area contributed by atoms with E-state index in [0.717, 1.165) is 19.3 Å². The quantitative estimate of drug-likeness (QED) is 0.0484. The van der Waals surface area contributed by atoms with Gasteiger partial charge in [-0.05, 0) is 33.1 Å². The molecule has 0 saturated heterocycles. The first-order valence-electron chi connectivity index (χ1n) is 18.6. The van der Waals surface area contributed by atoms with Gasteiger partial charge in [0.1, 0.15) is 0 Å². The van der Waals surface area contributed by atoms with E-state index >= 15 is 0 Å². The first kappa shape index (κ1) is 43.5. The summed E-state index contributed by atoms with van der Waals surface area (Å²) < 4.78 is 5.05. The van der Waals surface area contributed by atoms with Gasteiger partial charge in [-0.15, -0.1) is 0 Å². The van der Waals surface area contributed by atoms with Gasteiger partial charge in [-0.1, -0.05) is 187 Å². The Hall–Kier alpha value is -1.58. The summed E-state index contributed by atoms with van der Waals surface area (Å²) in [6, 6.07) is 0. The van der Waals surface area contributed by atoms with Crippen molar-refractivity contribution in [3.05, 3.63) is 23.8 Å². The van der Waals surface area contributed by atoms with Gasteiger partial charge < -0.3 is 9.84 Å². The number of hydrogen-bond acceptors (Lipinski definition) is 3. The fraction of sp³-hybridized carbons (Fsp3) is 0.846. The van der Waals surface area contributed by atoms with Crippen LogP contribution in [0.25, 0.3) is 0 Å². The van der Waals surface area contributed by atoms with Crippen LogP contribution in [0.3, 0.4) is 0 Å². The minimum absolute atomic E-state index is 0.257. The topological polar surface area (TPSA) is 63.6 Å². The Morgan fingerprint density at radius 1 is 0.535 bits per heavy atom. The number of ether oxygens (including phenoxy) is 1. The van der Waals surface area contributed by atoms with E-state index in [1.54, 1.807) is 13.8 Å². The maximum absolute atomic E-state index is 11.1. The van der Waals surface area contributed by atoms with E-state index in [4.69, 9.17) is 9.84 Å². The van der Waals surface area contributed by atoms with Gasteiger partial charge in [0, 0.05) is 11.1 Å². The number of rotatable bonds is 31. The SMILES string of the molecule is C=C(C)C(=O)OCCCCCCCCCCCCC.CCCCCCCCCCCCCCCCCCC=C(C)C(=O)O. The van der Waals surface area contributed by atoms with E-state index in [2.05, 4.69) is 20.4 Å². The van der Waals surface area contributed by atoms with Crippen molar-refractivity contribution in [1.82, 2.24) is 0 Å². The Labute approximate surface area is 268 Å². The van der Waals surface area contributed by atoms with E-state index in [-0.39, 0.29) is 5.97 Å². The third-order valence-electron chi connectivity index (χ3n) is 8.18. The van der Waals surface area contributed by atoms with E-state index in [0.29, 0.717) is 17.8 Å². The van der Waals surface area contributed by atoms with Crippen LogP contribution in [-0.4, -0.2) is 23.7 Å². The molecule has 0 radical (unpaired) electrons. The first-order valence-corrected chi connectivity index (χ1v) is 18.6. The van der Waals surface area contributed by atoms with Crippen LogP contribution in [0.1, 0.15) is 207 Å². The number of carboxylic acids is 1. The first-order chi connectivity index (χ1) is 20.9. The number of hydrogen-bond donors (Lipinski definition) is 1. The van der Waals surface area contributed by atoms with E-state index in [1.165, 1.54) is 161 Å². The molecular weight excluding hydrogens is 532 g/mol. The predicted octanol–water partition coefficient (Wildman–Crippen LogP) is 13.1. The molecule has 0 aromatic carbocycles. The Morgan fingerprint density at radius 3 is 1.14 bits per heavy atom. The number of aliphatic carboxylic acids is 1. The molecule has 43 heavy (non-hydrogen) atoms. The molecule has 0 aliphatic carbocycles. The minimum atomic E-state index is -0.786. The van der Waals surface area contributed by atoms with E-state index < -0.39 is 5.97 Å². The Balaban J connectivity index is 0. The summed E-state index contributed by atoms with van der Waals surface area (Å²) in [6.07, 6.45) is 39.2. The van der Waals surface area contributed by atoms with Crippen LogP contribution in [-0.2, 0) is 14.3 Å². The van der Waals surface area contributed by atoms with Gasteiger partial charge in [0.15, 0.2) is 0 Å². The molecule has 0 bridgehead atoms. The van der Waals surface area contributed by atoms with E-state index in [1.807, 2.05) is 6.08 Å². The smallest absolute Gasteiger partial charge is 0.333 e. The van der Waals surface area contributed by atoms with E-state index in [9.17, 15) is 9.59 Å². The second kappa shape index (κ2) is 36.6. The fourth-order valence-corrected chi connectivity index (χ4v) is 5.15. The van der Waals surface area contributed by atoms with Crippen LogP contribution in [0.5, 0.6) is 0 Å². The van der Waals surface area contributed by atoms with Gasteiger partial charge in [-0.3, -0.25) is 0 Å². The predicted molar refractivity (Wildman–Crippen MR) is 188 cm³/mol. The van der Waals surface area contributed by atoms with Crippen LogP contribution in [0.15, 0.2) is 23.8 Å². The maximum atomic E-state index is 11.1. The number of carbonyl (C=O) groups excluding carboxylic acids is 1. The van der Waals surface area contributed by atoms with Crippen molar-refractivity contribution in [2.75, 3.05) is 6.61 Å². The highest BCUT2D eigenvalue weighted by Gasteiger charge is 2.02. The highest BCUT2D eigenvalue weighted by Crippen LogP contribution is 2.15. The van der Waals surface area contributed by atoms with Crippen molar-refractivity contribution in [3.8, 4) is 0 Å². The van der Waals surface area contributed by atoms with Crippen molar-refractivity contribution in [1.29, 1.82) is 0 Å². The van der Waals surface area contributed by atoms with Gasteiger partial charge in [0.2, 0.25) is 0 Å². The summed E-state index contributed by atoms with van der Waals surface area (Å²) in [4.78, 5) is 21.7. The van der Waals surface area contributed by atoms with Gasteiger partial charge in [0.05, 0.1) is 6.61 Å². The lowest BCUT2D eigenvalue weighted by atomic mass is 10.0. The van der Waals surface area contributed by atoms with Crippen molar-refractivity contribution in [2.24, 2.45) is 0 Å². The molecule has 1 N–H and O–H groups in total. The number of allylic oxidation sites excluding steroid dienone is 1. The summed E-state index contributed by atoms with van der Waals surface area (Å²) in [5.74, 6) is -1.04. The van der Waals surface area contributed by atoms with Gasteiger partial charge in [-0.25, -0.2) is 9.59 Å². The van der Waals surface area contributed by atoms with Gasteiger partial charge in [-0.2, -0.15) is 0 Å². The van der Waals surface area contributed by atoms with Gasteiger partial charge in [0.25, 0.3) is 0 Å². The number of carboxylic acid groups (broad SMARTS) is 1. The van der Waals surface area contributed by atoms with Crippen LogP contribution in [0.2, 0.25) is 0 Å². The lowest BCUT2D eigenvalue weighted by Crippen LogP contribution is -2.05. The normalized spacial score (nSPS) is 11.2. The summed E-state index contributed by atoms with van der Waals surface area (Å²) in [5, 5.41) is 8.75. The molecule has 0 heterocycles. The lowest BCUT2D eigenvalue weighted by molar-refractivity contribution is -0.139. The molecule has 0 aliphatic heterocycles. The Kier molecular flexibility index (Phi) is 37.1. The molecule has 0 rings (SSSR count). The Morgan fingerprint density at radius 2 is 0.837 bits per heavy atom. The molecule has 0 aromatic heterocycles. The zero-order chi connectivity index (χ0) is 32.2. The standard InChI is InChI=1S/C22H42O2.C17H32O2/c1-3-4-5-6-7-8-9-10-11-12-13-14-15-16-17-18-19-20-21(2)22(23)24;1-4-5-6-7-8-9-10-11-12-13-14-15-19-17(18)16(2)3/h20H,3-19H2,1-2H3,(H,23,24);2,4-15H2,1,3H3. The molecule has 0 aromatic rings. The second-order valence-corrected chi connectivity index (χ2v) is 12.7. The summed E-state index contributed by atoms with van der Waals surface area (Å²) in [7, 11) is 0. The zero-order valence-corrected chi connectivity index (χ0v) is 29.5. The van der Waals surface area contributed by atoms with Crippen molar-refractivity contribution in [2.45, 2.75) is 207 Å². The molecule has 0 spiro atoms. The van der Waals surface area contributed by atoms with Gasteiger partial charge >= 0.3 is 11.9 Å². The molecule has 0 atom stereocenters. The molecule has 4 heteroatoms. The third kappa shape index (κ3) is 38.4. The molecule has 0 aliphatic rings. The molecular formula is C39H74O4. The maximum Gasteiger partial charge on any atom is 0.333 e. The molecule has 0 saturated carbocycles.